The van der Waals surface area contributed by atoms with E-state index in [9.17, 15) is 27.5 Å². The molecule has 4 N–H and O–H groups in total. The molecule has 0 aliphatic rings. The van der Waals surface area contributed by atoms with Crippen LogP contribution in [0.25, 0.3) is 16.7 Å². The van der Waals surface area contributed by atoms with E-state index in [-0.39, 0.29) is 22.6 Å². The summed E-state index contributed by atoms with van der Waals surface area (Å²) in [5.74, 6) is -4.41. The van der Waals surface area contributed by atoms with Crippen LogP contribution in [-0.4, -0.2) is 37.1 Å². The summed E-state index contributed by atoms with van der Waals surface area (Å²) in [5.41, 5.74) is 5.59. The minimum Gasteiger partial charge on any atom is -0.406 e. The second-order valence-corrected chi connectivity index (χ2v) is 7.62. The number of carbonyl (C=O) groups excluding carboxylic acids is 1. The summed E-state index contributed by atoms with van der Waals surface area (Å²) in [4.78, 5) is 20.7. The number of rotatable bonds is 5. The summed E-state index contributed by atoms with van der Waals surface area (Å²) >= 11 is 0. The maximum absolute atomic E-state index is 15.0. The summed E-state index contributed by atoms with van der Waals surface area (Å²) in [6.07, 6.45) is -7.00. The molecule has 14 heteroatoms. The number of nitrogens with zero attached hydrogens (tertiary/aromatic N) is 4. The van der Waals surface area contributed by atoms with Crippen LogP contribution in [0, 0.1) is 25.5 Å². The lowest BCUT2D eigenvalue weighted by Gasteiger charge is -2.15. The second kappa shape index (κ2) is 9.03. The Bertz CT molecular complexity index is 1490. The van der Waals surface area contributed by atoms with Gasteiger partial charge in [0.15, 0.2) is 23.6 Å². The third-order valence-corrected chi connectivity index (χ3v) is 5.03. The quantitative estimate of drug-likeness (QED) is 0.349. The largest absolute Gasteiger partial charge is 0.573 e. The van der Waals surface area contributed by atoms with E-state index in [2.05, 4.69) is 19.8 Å². The van der Waals surface area contributed by atoms with Gasteiger partial charge < -0.3 is 20.9 Å². The fourth-order valence-corrected chi connectivity index (χ4v) is 3.50. The number of carbonyl (C=O) groups is 1. The Labute approximate surface area is 199 Å². The molecule has 0 radical (unpaired) electrons. The number of nitrogens with one attached hydrogen (secondary N) is 1. The monoisotopic (exact) mass is 508 g/mol. The number of alkyl halides is 3. The van der Waals surface area contributed by atoms with Gasteiger partial charge in [0, 0.05) is 0 Å². The van der Waals surface area contributed by atoms with E-state index >= 15 is 4.39 Å². The van der Waals surface area contributed by atoms with Crippen LogP contribution in [0.3, 0.4) is 0 Å². The van der Waals surface area contributed by atoms with Crippen molar-refractivity contribution in [1.82, 2.24) is 19.7 Å². The fraction of sp³-hybridized carbons (Fsp3) is 0.182. The lowest BCUT2D eigenvalue weighted by atomic mass is 10.1. The Kier molecular flexibility index (Phi) is 6.22. The number of aryl methyl sites for hydroxylation is 2. The van der Waals surface area contributed by atoms with E-state index in [4.69, 9.17) is 5.73 Å². The van der Waals surface area contributed by atoms with E-state index in [1.807, 2.05) is 5.32 Å². The molecule has 0 fully saturated rings. The van der Waals surface area contributed by atoms with Crippen molar-refractivity contribution >= 4 is 28.4 Å². The van der Waals surface area contributed by atoms with Gasteiger partial charge in [-0.15, -0.1) is 13.2 Å². The second-order valence-electron chi connectivity index (χ2n) is 7.62. The highest BCUT2D eigenvalue weighted by molar-refractivity contribution is 5.95. The number of aromatic nitrogens is 4. The van der Waals surface area contributed by atoms with Gasteiger partial charge >= 0.3 is 6.36 Å². The molecular formula is C22H17F5N6O3. The van der Waals surface area contributed by atoms with Crippen LogP contribution in [0.2, 0.25) is 0 Å². The number of nitrogen functional groups attached to an aromatic ring is 1. The van der Waals surface area contributed by atoms with E-state index in [0.29, 0.717) is 17.0 Å². The molecule has 0 bridgehead atoms. The molecule has 4 rings (SSSR count). The van der Waals surface area contributed by atoms with Gasteiger partial charge in [0.25, 0.3) is 5.91 Å². The van der Waals surface area contributed by atoms with Crippen molar-refractivity contribution in [2.75, 3.05) is 11.1 Å². The Hall–Kier alpha value is -4.33. The van der Waals surface area contributed by atoms with Gasteiger partial charge in [0.05, 0.1) is 11.4 Å². The van der Waals surface area contributed by atoms with E-state index in [0.717, 1.165) is 41.1 Å². The Morgan fingerprint density at radius 2 is 1.86 bits per heavy atom. The van der Waals surface area contributed by atoms with E-state index in [1.54, 1.807) is 13.8 Å². The number of anilines is 2. The highest BCUT2D eigenvalue weighted by Gasteiger charge is 2.31. The van der Waals surface area contributed by atoms with Crippen molar-refractivity contribution < 1.29 is 36.6 Å². The molecule has 36 heavy (non-hydrogen) atoms. The van der Waals surface area contributed by atoms with E-state index < -0.39 is 41.4 Å². The molecule has 0 aliphatic carbocycles. The van der Waals surface area contributed by atoms with Gasteiger partial charge in [-0.1, -0.05) is 12.1 Å². The predicted octanol–water partition coefficient (Wildman–Crippen LogP) is 3.86. The number of nitrogens with two attached hydrogens (primary N) is 1. The van der Waals surface area contributed by atoms with Crippen molar-refractivity contribution in [3.05, 3.63) is 65.1 Å². The summed E-state index contributed by atoms with van der Waals surface area (Å²) in [6.45, 7) is 3.21. The first-order chi connectivity index (χ1) is 16.9. The molecule has 1 amide bonds. The molecule has 2 heterocycles. The minimum atomic E-state index is -4.98. The number of hydrogen-bond acceptors (Lipinski definition) is 7. The maximum atomic E-state index is 15.0. The standard InChI is InChI=1S/C22H17F5N6O3/c1-9-17-18(20(28)30-10(2)29-17)33(32-9)14-7-6-13(15(23)16(14)24)31-21(35)19(34)11-4-3-5-12(8-11)36-22(25,26)27/h3-8,19,34H,1-2H3,(H,31,35)(H2,28,29,30). The van der Waals surface area contributed by atoms with Crippen molar-refractivity contribution in [2.24, 2.45) is 0 Å². The van der Waals surface area contributed by atoms with Crippen molar-refractivity contribution in [3.8, 4) is 11.4 Å². The highest BCUT2D eigenvalue weighted by atomic mass is 19.4. The van der Waals surface area contributed by atoms with Crippen LogP contribution in [-0.2, 0) is 4.79 Å². The normalized spacial score (nSPS) is 12.6. The molecule has 1 atom stereocenters. The zero-order valence-electron chi connectivity index (χ0n) is 18.6. The first-order valence-electron chi connectivity index (χ1n) is 10.2. The van der Waals surface area contributed by atoms with Crippen LogP contribution in [0.1, 0.15) is 23.2 Å². The zero-order valence-corrected chi connectivity index (χ0v) is 18.6. The smallest absolute Gasteiger partial charge is 0.406 e. The molecule has 2 aromatic carbocycles. The van der Waals surface area contributed by atoms with Crippen LogP contribution in [0.4, 0.5) is 33.5 Å². The van der Waals surface area contributed by atoms with Crippen molar-refractivity contribution in [1.29, 1.82) is 0 Å². The summed E-state index contributed by atoms with van der Waals surface area (Å²) in [7, 11) is 0. The molecule has 0 saturated heterocycles. The number of aliphatic hydroxyl groups is 1. The lowest BCUT2D eigenvalue weighted by Crippen LogP contribution is -2.22. The molecule has 4 aromatic rings. The minimum absolute atomic E-state index is 0.00450. The molecule has 1 unspecified atom stereocenters. The summed E-state index contributed by atoms with van der Waals surface area (Å²) in [5, 5.41) is 16.4. The van der Waals surface area contributed by atoms with Crippen molar-refractivity contribution in [2.45, 2.75) is 26.3 Å². The molecule has 0 saturated carbocycles. The van der Waals surface area contributed by atoms with Gasteiger partial charge in [0.1, 0.15) is 28.3 Å². The number of amides is 1. The number of hydrogen-bond donors (Lipinski definition) is 3. The number of benzene rings is 2. The van der Waals surface area contributed by atoms with Crippen LogP contribution >= 0.6 is 0 Å². The van der Waals surface area contributed by atoms with Crippen LogP contribution in [0.5, 0.6) is 5.75 Å². The molecule has 9 nitrogen and oxygen atoms in total. The Morgan fingerprint density at radius 1 is 1.14 bits per heavy atom. The van der Waals surface area contributed by atoms with Gasteiger partial charge in [-0.25, -0.2) is 23.4 Å². The van der Waals surface area contributed by atoms with Crippen molar-refractivity contribution in [3.63, 3.8) is 0 Å². The Morgan fingerprint density at radius 3 is 2.56 bits per heavy atom. The fourth-order valence-electron chi connectivity index (χ4n) is 3.50. The number of fused-ring (bicyclic) bond motifs is 1. The number of halogens is 5. The molecule has 188 valence electrons. The zero-order chi connectivity index (χ0) is 26.4. The van der Waals surface area contributed by atoms with Gasteiger partial charge in [-0.2, -0.15) is 5.10 Å². The van der Waals surface area contributed by atoms with Crippen LogP contribution < -0.4 is 15.8 Å². The van der Waals surface area contributed by atoms with E-state index in [1.165, 1.54) is 0 Å². The Balaban J connectivity index is 1.62. The molecule has 0 spiro atoms. The third-order valence-electron chi connectivity index (χ3n) is 5.03. The van der Waals surface area contributed by atoms with Gasteiger partial charge in [0.2, 0.25) is 0 Å². The van der Waals surface area contributed by atoms with Gasteiger partial charge in [-0.3, -0.25) is 4.79 Å². The molecule has 0 aliphatic heterocycles. The topological polar surface area (TPSA) is 128 Å². The van der Waals surface area contributed by atoms with Gasteiger partial charge in [-0.05, 0) is 43.7 Å². The summed E-state index contributed by atoms with van der Waals surface area (Å²) in [6, 6.07) is 6.17. The predicted molar refractivity (Wildman–Crippen MR) is 117 cm³/mol. The summed E-state index contributed by atoms with van der Waals surface area (Å²) < 4.78 is 72.0. The first kappa shape index (κ1) is 24.8. The highest BCUT2D eigenvalue weighted by Crippen LogP contribution is 2.30. The molecular weight excluding hydrogens is 491 g/mol. The molecule has 2 aromatic heterocycles. The third kappa shape index (κ3) is 4.75. The average molecular weight is 508 g/mol. The maximum Gasteiger partial charge on any atom is 0.573 e. The average Bonchev–Trinajstić information content (AvgIpc) is 3.11. The van der Waals surface area contributed by atoms with Crippen LogP contribution in [0.15, 0.2) is 36.4 Å². The SMILES string of the molecule is Cc1nc(N)c2c(n1)c(C)nn2-c1ccc(NC(=O)C(O)c2cccc(OC(F)(F)F)c2)c(F)c1F. The first-order valence-corrected chi connectivity index (χ1v) is 10.2. The lowest BCUT2D eigenvalue weighted by molar-refractivity contribution is -0.274. The number of aliphatic hydroxyl groups excluding tert-OH is 1. The number of ether oxygens (including phenoxy) is 1.